The second kappa shape index (κ2) is 5.23. The maximum absolute atomic E-state index is 11.2. The van der Waals surface area contributed by atoms with Gasteiger partial charge in [-0.1, -0.05) is 0 Å². The Kier molecular flexibility index (Phi) is 3.79. The highest BCUT2D eigenvalue weighted by molar-refractivity contribution is 7.99. The van der Waals surface area contributed by atoms with E-state index in [-0.39, 0.29) is 10.5 Å². The minimum Gasteiger partial charge on any atom is -0.478 e. The fourth-order valence-electron chi connectivity index (χ4n) is 1.42. The predicted octanol–water partition coefficient (Wildman–Crippen LogP) is 0.312. The van der Waals surface area contributed by atoms with E-state index in [9.17, 15) is 13.2 Å². The molecule has 20 heavy (non-hydrogen) atoms. The fourth-order valence-corrected chi connectivity index (χ4v) is 2.83. The summed E-state index contributed by atoms with van der Waals surface area (Å²) >= 11 is 1.07. The van der Waals surface area contributed by atoms with Gasteiger partial charge in [0, 0.05) is 11.9 Å². The van der Waals surface area contributed by atoms with Crippen LogP contribution >= 0.6 is 11.8 Å². The van der Waals surface area contributed by atoms with Crippen molar-refractivity contribution in [2.75, 3.05) is 0 Å². The molecule has 3 N–H and O–H groups in total. The Bertz CT molecular complexity index is 769. The second-order valence-electron chi connectivity index (χ2n) is 3.78. The molecule has 0 spiro atoms. The molecule has 8 nitrogen and oxygen atoms in total. The van der Waals surface area contributed by atoms with E-state index < -0.39 is 16.0 Å². The van der Waals surface area contributed by atoms with Crippen LogP contribution in [-0.4, -0.2) is 34.3 Å². The van der Waals surface area contributed by atoms with Crippen molar-refractivity contribution in [1.29, 1.82) is 0 Å². The first kappa shape index (κ1) is 14.5. The summed E-state index contributed by atoms with van der Waals surface area (Å²) in [6, 6.07) is 3.65. The number of aryl methyl sites for hydroxylation is 1. The molecule has 0 fully saturated rings. The van der Waals surface area contributed by atoms with Crippen LogP contribution in [-0.2, 0) is 17.1 Å². The zero-order chi connectivity index (χ0) is 14.9. The lowest BCUT2D eigenvalue weighted by atomic mass is 10.2. The van der Waals surface area contributed by atoms with Crippen LogP contribution in [0, 0.1) is 0 Å². The average molecular weight is 314 g/mol. The van der Waals surface area contributed by atoms with Gasteiger partial charge in [0.05, 0.1) is 10.5 Å². The van der Waals surface area contributed by atoms with Crippen molar-refractivity contribution in [2.24, 2.45) is 12.2 Å². The van der Waals surface area contributed by atoms with E-state index in [4.69, 9.17) is 10.2 Å². The third kappa shape index (κ3) is 2.98. The van der Waals surface area contributed by atoms with Crippen molar-refractivity contribution in [3.8, 4) is 0 Å². The molecular weight excluding hydrogens is 304 g/mol. The number of aromatic carboxylic acids is 1. The SMILES string of the molecule is Cn1ncnc1Sc1ccc(S(N)(=O)=O)cc1C(=O)O. The Balaban J connectivity index is 2.49. The third-order valence-electron chi connectivity index (χ3n) is 2.38. The number of hydrogen-bond donors (Lipinski definition) is 2. The highest BCUT2D eigenvalue weighted by Gasteiger charge is 2.17. The molecule has 1 heterocycles. The number of primary sulfonamides is 1. The first-order valence-electron chi connectivity index (χ1n) is 5.21. The maximum atomic E-state index is 11.2. The van der Waals surface area contributed by atoms with Gasteiger partial charge in [0.25, 0.3) is 0 Å². The lowest BCUT2D eigenvalue weighted by Crippen LogP contribution is -2.13. The van der Waals surface area contributed by atoms with E-state index >= 15 is 0 Å². The number of benzene rings is 1. The van der Waals surface area contributed by atoms with E-state index in [1.807, 2.05) is 0 Å². The van der Waals surface area contributed by atoms with E-state index in [2.05, 4.69) is 10.1 Å². The molecule has 2 aromatic rings. The van der Waals surface area contributed by atoms with Gasteiger partial charge < -0.3 is 5.11 Å². The summed E-state index contributed by atoms with van der Waals surface area (Å²) in [7, 11) is -2.29. The van der Waals surface area contributed by atoms with Crippen LogP contribution in [0.25, 0.3) is 0 Å². The normalized spacial score (nSPS) is 11.5. The highest BCUT2D eigenvalue weighted by atomic mass is 32.2. The number of nitrogens with zero attached hydrogens (tertiary/aromatic N) is 3. The molecular formula is C10H10N4O4S2. The van der Waals surface area contributed by atoms with Crippen LogP contribution in [0.15, 0.2) is 39.5 Å². The Morgan fingerprint density at radius 1 is 1.45 bits per heavy atom. The van der Waals surface area contributed by atoms with Crippen LogP contribution in [0.2, 0.25) is 0 Å². The first-order valence-corrected chi connectivity index (χ1v) is 7.57. The molecule has 0 saturated carbocycles. The molecule has 0 saturated heterocycles. The number of carboxylic acid groups (broad SMARTS) is 1. The van der Waals surface area contributed by atoms with Gasteiger partial charge in [-0.3, -0.25) is 0 Å². The minimum absolute atomic E-state index is 0.162. The monoisotopic (exact) mass is 314 g/mol. The zero-order valence-electron chi connectivity index (χ0n) is 10.2. The number of aromatic nitrogens is 3. The number of sulfonamides is 1. The van der Waals surface area contributed by atoms with Crippen molar-refractivity contribution in [2.45, 2.75) is 14.9 Å². The molecule has 10 heteroatoms. The predicted molar refractivity (Wildman–Crippen MR) is 69.9 cm³/mol. The van der Waals surface area contributed by atoms with Gasteiger partial charge in [-0.05, 0) is 30.0 Å². The molecule has 0 unspecified atom stereocenters. The molecule has 1 aromatic heterocycles. The molecule has 0 atom stereocenters. The van der Waals surface area contributed by atoms with Crippen LogP contribution in [0.1, 0.15) is 10.4 Å². The molecule has 0 bridgehead atoms. The smallest absolute Gasteiger partial charge is 0.336 e. The molecule has 0 radical (unpaired) electrons. The van der Waals surface area contributed by atoms with E-state index in [1.54, 1.807) is 7.05 Å². The number of carbonyl (C=O) groups is 1. The highest BCUT2D eigenvalue weighted by Crippen LogP contribution is 2.30. The molecule has 1 aromatic carbocycles. The summed E-state index contributed by atoms with van der Waals surface area (Å²) < 4.78 is 24.0. The van der Waals surface area contributed by atoms with Crippen molar-refractivity contribution >= 4 is 27.8 Å². The Hall–Kier alpha value is -1.91. The topological polar surface area (TPSA) is 128 Å². The number of hydrogen-bond acceptors (Lipinski definition) is 6. The van der Waals surface area contributed by atoms with Crippen LogP contribution in [0.3, 0.4) is 0 Å². The fraction of sp³-hybridized carbons (Fsp3) is 0.100. The van der Waals surface area contributed by atoms with Crippen molar-refractivity contribution < 1.29 is 18.3 Å². The summed E-state index contributed by atoms with van der Waals surface area (Å²) in [5.74, 6) is -1.25. The number of carboxylic acids is 1. The third-order valence-corrected chi connectivity index (χ3v) is 4.42. The molecule has 0 amide bonds. The van der Waals surface area contributed by atoms with Gasteiger partial charge in [0.1, 0.15) is 6.33 Å². The molecule has 0 aliphatic heterocycles. The minimum atomic E-state index is -3.95. The number of rotatable bonds is 4. The molecule has 2 rings (SSSR count). The van der Waals surface area contributed by atoms with Gasteiger partial charge >= 0.3 is 5.97 Å². The van der Waals surface area contributed by atoms with Crippen LogP contribution < -0.4 is 5.14 Å². The molecule has 106 valence electrons. The standard InChI is InChI=1S/C10H10N4O4S2/c1-14-10(12-5-13-14)19-8-3-2-6(20(11,17)18)4-7(8)9(15)16/h2-5H,1H3,(H,15,16)(H2,11,17,18). The largest absolute Gasteiger partial charge is 0.478 e. The molecule has 0 aliphatic carbocycles. The van der Waals surface area contributed by atoms with E-state index in [1.165, 1.54) is 23.1 Å². The molecule has 0 aliphatic rings. The summed E-state index contributed by atoms with van der Waals surface area (Å²) in [5, 5.41) is 18.5. The van der Waals surface area contributed by atoms with Crippen molar-refractivity contribution in [3.05, 3.63) is 30.1 Å². The summed E-state index contributed by atoms with van der Waals surface area (Å²) in [6.07, 6.45) is 1.33. The van der Waals surface area contributed by atoms with Crippen molar-refractivity contribution in [1.82, 2.24) is 14.8 Å². The Morgan fingerprint density at radius 2 is 2.15 bits per heavy atom. The second-order valence-corrected chi connectivity index (χ2v) is 6.35. The van der Waals surface area contributed by atoms with Gasteiger partial charge in [-0.15, -0.1) is 0 Å². The van der Waals surface area contributed by atoms with Gasteiger partial charge in [0.2, 0.25) is 10.0 Å². The Morgan fingerprint density at radius 3 is 2.65 bits per heavy atom. The van der Waals surface area contributed by atoms with E-state index in [0.717, 1.165) is 17.8 Å². The van der Waals surface area contributed by atoms with Gasteiger partial charge in [-0.2, -0.15) is 5.10 Å². The quantitative estimate of drug-likeness (QED) is 0.831. The zero-order valence-corrected chi connectivity index (χ0v) is 11.8. The first-order chi connectivity index (χ1) is 9.29. The van der Waals surface area contributed by atoms with Crippen molar-refractivity contribution in [3.63, 3.8) is 0 Å². The van der Waals surface area contributed by atoms with Gasteiger partial charge in [-0.25, -0.2) is 28.0 Å². The summed E-state index contributed by atoms with van der Waals surface area (Å²) in [6.45, 7) is 0. The Labute approximate surface area is 118 Å². The average Bonchev–Trinajstić information content (AvgIpc) is 2.74. The van der Waals surface area contributed by atoms with Crippen LogP contribution in [0.5, 0.6) is 0 Å². The van der Waals surface area contributed by atoms with Gasteiger partial charge in [0.15, 0.2) is 5.16 Å². The van der Waals surface area contributed by atoms with Crippen LogP contribution in [0.4, 0.5) is 0 Å². The summed E-state index contributed by atoms with van der Waals surface area (Å²) in [4.78, 5) is 15.3. The lowest BCUT2D eigenvalue weighted by Gasteiger charge is -2.07. The van der Waals surface area contributed by atoms with E-state index in [0.29, 0.717) is 10.1 Å². The summed E-state index contributed by atoms with van der Waals surface area (Å²) in [5.41, 5.74) is -0.162. The maximum Gasteiger partial charge on any atom is 0.336 e. The lowest BCUT2D eigenvalue weighted by molar-refractivity contribution is 0.0693. The number of nitrogens with two attached hydrogens (primary N) is 1.